The first-order valence-corrected chi connectivity index (χ1v) is 10.2. The van der Waals surface area contributed by atoms with Gasteiger partial charge in [-0.25, -0.2) is 0 Å². The molecule has 0 aromatic heterocycles. The maximum absolute atomic E-state index is 5.73. The molecule has 5 aliphatic heterocycles. The average molecular weight is 378 g/mol. The van der Waals surface area contributed by atoms with E-state index in [0.717, 1.165) is 36.1 Å². The lowest BCUT2D eigenvalue weighted by atomic mass is 9.81. The first-order valence-electron chi connectivity index (χ1n) is 10.2. The molecule has 5 heterocycles. The fourth-order valence-electron chi connectivity index (χ4n) is 5.94. The second-order valence-electron chi connectivity index (χ2n) is 8.30. The largest absolute Gasteiger partial charge is 0.454 e. The van der Waals surface area contributed by atoms with Crippen LogP contribution in [-0.2, 0) is 0 Å². The Kier molecular flexibility index (Phi) is 2.93. The summed E-state index contributed by atoms with van der Waals surface area (Å²) in [6, 6.07) is 11.8. The number of benzene rings is 2. The molecule has 5 aliphatic rings. The van der Waals surface area contributed by atoms with Crippen molar-refractivity contribution < 1.29 is 18.9 Å². The van der Waals surface area contributed by atoms with E-state index in [9.17, 15) is 0 Å². The van der Waals surface area contributed by atoms with Crippen LogP contribution < -0.4 is 28.7 Å². The molecule has 0 radical (unpaired) electrons. The average Bonchev–Trinajstić information content (AvgIpc) is 3.51. The van der Waals surface area contributed by atoms with Crippen LogP contribution in [-0.4, -0.2) is 32.7 Å². The van der Waals surface area contributed by atoms with Crippen molar-refractivity contribution in [3.05, 3.63) is 35.9 Å². The van der Waals surface area contributed by atoms with E-state index >= 15 is 0 Å². The number of ether oxygens (including phenoxy) is 4. The molecular weight excluding hydrogens is 356 g/mol. The van der Waals surface area contributed by atoms with Crippen molar-refractivity contribution in [2.45, 2.75) is 31.3 Å². The van der Waals surface area contributed by atoms with E-state index in [0.29, 0.717) is 31.6 Å². The lowest BCUT2D eigenvalue weighted by Crippen LogP contribution is -2.44. The van der Waals surface area contributed by atoms with E-state index in [1.54, 1.807) is 0 Å². The van der Waals surface area contributed by atoms with Crippen LogP contribution in [0.2, 0.25) is 0 Å². The molecule has 6 heteroatoms. The SMILES string of the molecule is c1cc2c(cc1N1CC[C@H]3C4CCCN4c4cc5c(cc4[C@H]31)OCO5)OCO2. The highest BCUT2D eigenvalue weighted by Gasteiger charge is 2.49. The zero-order valence-electron chi connectivity index (χ0n) is 15.6. The molecule has 6 nitrogen and oxygen atoms in total. The zero-order chi connectivity index (χ0) is 18.2. The van der Waals surface area contributed by atoms with Crippen LogP contribution in [0, 0.1) is 5.92 Å². The van der Waals surface area contributed by atoms with Gasteiger partial charge in [-0.3, -0.25) is 0 Å². The number of hydrogen-bond acceptors (Lipinski definition) is 6. The molecule has 144 valence electrons. The topological polar surface area (TPSA) is 43.4 Å². The van der Waals surface area contributed by atoms with Gasteiger partial charge in [-0.05, 0) is 37.5 Å². The molecule has 0 bridgehead atoms. The Morgan fingerprint density at radius 3 is 2.43 bits per heavy atom. The fraction of sp³-hybridized carbons (Fsp3) is 0.455. The quantitative estimate of drug-likeness (QED) is 0.754. The van der Waals surface area contributed by atoms with Crippen LogP contribution in [0.4, 0.5) is 11.4 Å². The van der Waals surface area contributed by atoms with Gasteiger partial charge in [0.05, 0.1) is 6.04 Å². The van der Waals surface area contributed by atoms with Crippen molar-refractivity contribution >= 4 is 11.4 Å². The Morgan fingerprint density at radius 2 is 1.54 bits per heavy atom. The first-order chi connectivity index (χ1) is 13.9. The van der Waals surface area contributed by atoms with Gasteiger partial charge in [-0.1, -0.05) is 0 Å². The predicted molar refractivity (Wildman–Crippen MR) is 104 cm³/mol. The van der Waals surface area contributed by atoms with Gasteiger partial charge >= 0.3 is 0 Å². The van der Waals surface area contributed by atoms with Crippen LogP contribution in [0.15, 0.2) is 30.3 Å². The van der Waals surface area contributed by atoms with E-state index in [2.05, 4.69) is 34.1 Å². The lowest BCUT2D eigenvalue weighted by molar-refractivity contribution is 0.173. The van der Waals surface area contributed by atoms with Gasteiger partial charge < -0.3 is 28.7 Å². The molecule has 2 fully saturated rings. The van der Waals surface area contributed by atoms with E-state index in [4.69, 9.17) is 18.9 Å². The molecule has 3 atom stereocenters. The molecule has 2 saturated heterocycles. The smallest absolute Gasteiger partial charge is 0.231 e. The molecule has 0 spiro atoms. The second kappa shape index (κ2) is 5.40. The van der Waals surface area contributed by atoms with Crippen molar-refractivity contribution in [2.24, 2.45) is 5.92 Å². The summed E-state index contributed by atoms with van der Waals surface area (Å²) in [7, 11) is 0. The molecule has 0 aliphatic carbocycles. The Bertz CT molecular complexity index is 977. The van der Waals surface area contributed by atoms with Gasteiger partial charge in [0.25, 0.3) is 0 Å². The fourth-order valence-corrected chi connectivity index (χ4v) is 5.94. The minimum absolute atomic E-state index is 0.314. The van der Waals surface area contributed by atoms with Crippen LogP contribution in [0.1, 0.15) is 30.9 Å². The summed E-state index contributed by atoms with van der Waals surface area (Å²) in [5.74, 6) is 4.10. The standard InChI is InChI=1S/C22H22N2O4/c1-2-16-14-5-7-23(13-3-4-18-19(8-13)26-11-25-18)22(14)15-9-20-21(28-12-27-20)10-17(15)24(16)6-1/h3-4,8-10,14,16,22H,1-2,5-7,11-12H2/t14-,16?,22-/m0/s1. The third-order valence-electron chi connectivity index (χ3n) is 7.08. The van der Waals surface area contributed by atoms with Gasteiger partial charge in [-0.2, -0.15) is 0 Å². The summed E-state index contributed by atoms with van der Waals surface area (Å²) >= 11 is 0. The third-order valence-corrected chi connectivity index (χ3v) is 7.08. The molecule has 2 aromatic rings. The van der Waals surface area contributed by atoms with Crippen molar-refractivity contribution in [3.8, 4) is 23.0 Å². The molecule has 28 heavy (non-hydrogen) atoms. The normalized spacial score (nSPS) is 28.4. The van der Waals surface area contributed by atoms with Crippen molar-refractivity contribution in [2.75, 3.05) is 36.5 Å². The van der Waals surface area contributed by atoms with Crippen molar-refractivity contribution in [1.29, 1.82) is 0 Å². The summed E-state index contributed by atoms with van der Waals surface area (Å²) in [5.41, 5.74) is 3.93. The zero-order valence-corrected chi connectivity index (χ0v) is 15.6. The molecule has 2 aromatic carbocycles. The summed E-state index contributed by atoms with van der Waals surface area (Å²) in [6.07, 6.45) is 3.77. The Balaban J connectivity index is 1.37. The van der Waals surface area contributed by atoms with Gasteiger partial charge in [0.15, 0.2) is 23.0 Å². The first kappa shape index (κ1) is 15.2. The van der Waals surface area contributed by atoms with Crippen LogP contribution >= 0.6 is 0 Å². The highest BCUT2D eigenvalue weighted by atomic mass is 16.7. The van der Waals surface area contributed by atoms with Crippen LogP contribution in [0.5, 0.6) is 23.0 Å². The van der Waals surface area contributed by atoms with E-state index in [1.165, 1.54) is 36.2 Å². The predicted octanol–water partition coefficient (Wildman–Crippen LogP) is 3.69. The molecular formula is C22H22N2O4. The Hall–Kier alpha value is -2.76. The maximum atomic E-state index is 5.73. The van der Waals surface area contributed by atoms with E-state index in [1.807, 2.05) is 6.07 Å². The Labute approximate surface area is 163 Å². The highest BCUT2D eigenvalue weighted by Crippen LogP contribution is 2.55. The molecule has 7 rings (SSSR count). The van der Waals surface area contributed by atoms with E-state index < -0.39 is 0 Å². The number of hydrogen-bond donors (Lipinski definition) is 0. The number of rotatable bonds is 1. The van der Waals surface area contributed by atoms with Gasteiger partial charge in [0, 0.05) is 54.1 Å². The lowest BCUT2D eigenvalue weighted by Gasteiger charge is -2.44. The van der Waals surface area contributed by atoms with Crippen molar-refractivity contribution in [1.82, 2.24) is 0 Å². The van der Waals surface area contributed by atoms with Gasteiger partial charge in [0.2, 0.25) is 13.6 Å². The second-order valence-corrected chi connectivity index (χ2v) is 8.30. The van der Waals surface area contributed by atoms with Gasteiger partial charge in [-0.15, -0.1) is 0 Å². The monoisotopic (exact) mass is 378 g/mol. The molecule has 0 amide bonds. The number of nitrogens with zero attached hydrogens (tertiary/aromatic N) is 2. The highest BCUT2D eigenvalue weighted by molar-refractivity contribution is 5.70. The summed E-state index contributed by atoms with van der Waals surface area (Å²) in [6.45, 7) is 2.84. The third kappa shape index (κ3) is 1.93. The maximum Gasteiger partial charge on any atom is 0.231 e. The molecule has 1 unspecified atom stereocenters. The van der Waals surface area contributed by atoms with Crippen LogP contribution in [0.3, 0.4) is 0 Å². The Morgan fingerprint density at radius 1 is 0.750 bits per heavy atom. The number of anilines is 2. The summed E-state index contributed by atoms with van der Waals surface area (Å²) in [4.78, 5) is 5.19. The van der Waals surface area contributed by atoms with Crippen molar-refractivity contribution in [3.63, 3.8) is 0 Å². The summed E-state index contributed by atoms with van der Waals surface area (Å²) < 4.78 is 22.6. The molecule has 0 N–H and O–H groups in total. The minimum Gasteiger partial charge on any atom is -0.454 e. The summed E-state index contributed by atoms with van der Waals surface area (Å²) in [5, 5.41) is 0. The van der Waals surface area contributed by atoms with Crippen LogP contribution in [0.25, 0.3) is 0 Å². The minimum atomic E-state index is 0.314. The van der Waals surface area contributed by atoms with E-state index in [-0.39, 0.29) is 0 Å². The number of fused-ring (bicyclic) bond motifs is 8. The molecule has 0 saturated carbocycles. The van der Waals surface area contributed by atoms with Gasteiger partial charge in [0.1, 0.15) is 0 Å².